The predicted molar refractivity (Wildman–Crippen MR) is 83.3 cm³/mol. The number of rotatable bonds is 5. The van der Waals surface area contributed by atoms with Crippen LogP contribution in [0.25, 0.3) is 0 Å². The second-order valence-corrected chi connectivity index (χ2v) is 6.59. The highest BCUT2D eigenvalue weighted by molar-refractivity contribution is 7.90. The fourth-order valence-corrected chi connectivity index (χ4v) is 3.46. The van der Waals surface area contributed by atoms with E-state index in [9.17, 15) is 13.2 Å². The first-order valence-electron chi connectivity index (χ1n) is 7.02. The fourth-order valence-electron chi connectivity index (χ4n) is 2.21. The summed E-state index contributed by atoms with van der Waals surface area (Å²) >= 11 is 0. The molecule has 0 atom stereocenters. The van der Waals surface area contributed by atoms with Crippen molar-refractivity contribution in [2.24, 2.45) is 4.99 Å². The zero-order valence-electron chi connectivity index (χ0n) is 12.2. The number of carbonyl (C=O) groups is 1. The molecule has 0 spiro atoms. The Labute approximate surface area is 133 Å². The van der Waals surface area contributed by atoms with Crippen LogP contribution in [-0.4, -0.2) is 26.7 Å². The molecule has 0 radical (unpaired) electrons. The van der Waals surface area contributed by atoms with Crippen LogP contribution in [0, 0.1) is 0 Å². The van der Waals surface area contributed by atoms with E-state index in [0.29, 0.717) is 17.9 Å². The highest BCUT2D eigenvalue weighted by Gasteiger charge is 2.29. The number of sulfonamides is 1. The summed E-state index contributed by atoms with van der Waals surface area (Å²) in [5.41, 5.74) is 0.531. The van der Waals surface area contributed by atoms with Gasteiger partial charge >= 0.3 is 0 Å². The SMILES string of the molecule is O=C(CCN=C1NS(=O)(=O)c2ccccc21)NCc1ccco1. The minimum Gasteiger partial charge on any atom is -0.467 e. The Morgan fingerprint density at radius 3 is 2.83 bits per heavy atom. The molecule has 120 valence electrons. The van der Waals surface area contributed by atoms with Gasteiger partial charge in [-0.3, -0.25) is 14.5 Å². The van der Waals surface area contributed by atoms with Gasteiger partial charge in [-0.1, -0.05) is 12.1 Å². The lowest BCUT2D eigenvalue weighted by Crippen LogP contribution is -2.25. The van der Waals surface area contributed by atoms with E-state index in [1.54, 1.807) is 30.3 Å². The van der Waals surface area contributed by atoms with Crippen LogP contribution in [0.5, 0.6) is 0 Å². The summed E-state index contributed by atoms with van der Waals surface area (Å²) in [6.45, 7) is 0.508. The minimum atomic E-state index is -3.54. The summed E-state index contributed by atoms with van der Waals surface area (Å²) < 4.78 is 31.3. The smallest absolute Gasteiger partial charge is 0.263 e. The first kappa shape index (κ1) is 15.3. The van der Waals surface area contributed by atoms with Crippen molar-refractivity contribution >= 4 is 21.8 Å². The maximum Gasteiger partial charge on any atom is 0.263 e. The van der Waals surface area contributed by atoms with E-state index in [1.807, 2.05) is 0 Å². The molecule has 23 heavy (non-hydrogen) atoms. The Morgan fingerprint density at radius 2 is 2.04 bits per heavy atom. The predicted octanol–water partition coefficient (Wildman–Crippen LogP) is 1.02. The molecule has 0 bridgehead atoms. The molecule has 2 heterocycles. The number of nitrogens with zero attached hydrogens (tertiary/aromatic N) is 1. The second-order valence-electron chi connectivity index (χ2n) is 4.94. The molecule has 7 nitrogen and oxygen atoms in total. The molecule has 0 unspecified atom stereocenters. The van der Waals surface area contributed by atoms with Crippen molar-refractivity contribution in [2.45, 2.75) is 17.9 Å². The number of amides is 1. The van der Waals surface area contributed by atoms with Gasteiger partial charge in [-0.15, -0.1) is 0 Å². The van der Waals surface area contributed by atoms with Gasteiger partial charge in [0.05, 0.1) is 24.2 Å². The maximum absolute atomic E-state index is 11.9. The van der Waals surface area contributed by atoms with Gasteiger partial charge in [-0.05, 0) is 24.3 Å². The van der Waals surface area contributed by atoms with Gasteiger partial charge in [0.2, 0.25) is 5.91 Å². The van der Waals surface area contributed by atoms with Crippen LogP contribution in [-0.2, 0) is 21.4 Å². The van der Waals surface area contributed by atoms with Gasteiger partial charge in [-0.25, -0.2) is 8.42 Å². The van der Waals surface area contributed by atoms with Gasteiger partial charge in [0.25, 0.3) is 10.0 Å². The lowest BCUT2D eigenvalue weighted by Gasteiger charge is -2.02. The Morgan fingerprint density at radius 1 is 1.22 bits per heavy atom. The van der Waals surface area contributed by atoms with Crippen LogP contribution < -0.4 is 10.0 Å². The number of nitrogens with one attached hydrogen (secondary N) is 2. The molecule has 3 rings (SSSR count). The molecule has 1 aromatic carbocycles. The minimum absolute atomic E-state index is 0.161. The third kappa shape index (κ3) is 3.42. The molecule has 1 amide bonds. The standard InChI is InChI=1S/C15H15N3O4S/c19-14(17-10-11-4-3-9-22-11)7-8-16-15-12-5-1-2-6-13(12)23(20,21)18-15/h1-6,9H,7-8,10H2,(H,16,18)(H,17,19). The largest absolute Gasteiger partial charge is 0.467 e. The van der Waals surface area contributed by atoms with E-state index in [0.717, 1.165) is 0 Å². The van der Waals surface area contributed by atoms with Gasteiger partial charge in [0.15, 0.2) is 0 Å². The van der Waals surface area contributed by atoms with E-state index < -0.39 is 10.0 Å². The Bertz CT molecular complexity index is 841. The molecule has 2 N–H and O–H groups in total. The summed E-state index contributed by atoms with van der Waals surface area (Å²) in [5, 5.41) is 2.71. The maximum atomic E-state index is 11.9. The van der Waals surface area contributed by atoms with Crippen molar-refractivity contribution in [3.63, 3.8) is 0 Å². The molecule has 1 aliphatic heterocycles. The second kappa shape index (κ2) is 6.25. The zero-order valence-corrected chi connectivity index (χ0v) is 13.0. The molecule has 0 saturated heterocycles. The first-order chi connectivity index (χ1) is 11.1. The van der Waals surface area contributed by atoms with E-state index in [2.05, 4.69) is 15.0 Å². The number of amidine groups is 1. The molecular weight excluding hydrogens is 318 g/mol. The monoisotopic (exact) mass is 333 g/mol. The van der Waals surface area contributed by atoms with Crippen molar-refractivity contribution < 1.29 is 17.6 Å². The van der Waals surface area contributed by atoms with Crippen molar-refractivity contribution in [3.05, 3.63) is 54.0 Å². The Hall–Kier alpha value is -2.61. The van der Waals surface area contributed by atoms with Crippen LogP contribution in [0.15, 0.2) is 57.0 Å². The molecule has 0 aliphatic carbocycles. The molecule has 0 saturated carbocycles. The van der Waals surface area contributed by atoms with Crippen LogP contribution in [0.2, 0.25) is 0 Å². The number of carbonyl (C=O) groups excluding carboxylic acids is 1. The average Bonchev–Trinajstić information content (AvgIpc) is 3.13. The van der Waals surface area contributed by atoms with Crippen molar-refractivity contribution in [1.82, 2.24) is 10.0 Å². The number of aliphatic imine (C=N–C) groups is 1. The van der Waals surface area contributed by atoms with Crippen LogP contribution in [0.3, 0.4) is 0 Å². The summed E-state index contributed by atoms with van der Waals surface area (Å²) in [4.78, 5) is 16.1. The number of furan rings is 1. The Balaban J connectivity index is 1.58. The summed E-state index contributed by atoms with van der Waals surface area (Å²) in [6, 6.07) is 10.1. The number of hydrogen-bond donors (Lipinski definition) is 2. The van der Waals surface area contributed by atoms with E-state index in [4.69, 9.17) is 4.42 Å². The van der Waals surface area contributed by atoms with Crippen molar-refractivity contribution in [3.8, 4) is 0 Å². The molecule has 0 fully saturated rings. The molecule has 2 aromatic rings. The summed E-state index contributed by atoms with van der Waals surface area (Å²) in [7, 11) is -3.54. The number of hydrogen-bond acceptors (Lipinski definition) is 5. The topological polar surface area (TPSA) is 101 Å². The molecule has 1 aromatic heterocycles. The highest BCUT2D eigenvalue weighted by Crippen LogP contribution is 2.22. The lowest BCUT2D eigenvalue weighted by atomic mass is 10.2. The fraction of sp³-hybridized carbons (Fsp3) is 0.200. The molecule has 1 aliphatic rings. The third-order valence-corrected chi connectivity index (χ3v) is 4.71. The zero-order chi connectivity index (χ0) is 16.3. The molecule has 8 heteroatoms. The third-order valence-electron chi connectivity index (χ3n) is 3.31. The number of benzene rings is 1. The quantitative estimate of drug-likeness (QED) is 0.853. The number of fused-ring (bicyclic) bond motifs is 1. The average molecular weight is 333 g/mol. The van der Waals surface area contributed by atoms with E-state index >= 15 is 0 Å². The van der Waals surface area contributed by atoms with Gasteiger partial charge in [0, 0.05) is 12.0 Å². The van der Waals surface area contributed by atoms with E-state index in [1.165, 1.54) is 12.3 Å². The summed E-state index contributed by atoms with van der Waals surface area (Å²) in [6.07, 6.45) is 1.70. The lowest BCUT2D eigenvalue weighted by molar-refractivity contribution is -0.121. The highest BCUT2D eigenvalue weighted by atomic mass is 32.2. The van der Waals surface area contributed by atoms with Crippen molar-refractivity contribution in [1.29, 1.82) is 0 Å². The van der Waals surface area contributed by atoms with Crippen molar-refractivity contribution in [2.75, 3.05) is 6.54 Å². The van der Waals surface area contributed by atoms with Crippen LogP contribution in [0.1, 0.15) is 17.7 Å². The first-order valence-corrected chi connectivity index (χ1v) is 8.50. The molecular formula is C15H15N3O4S. The van der Waals surface area contributed by atoms with Gasteiger partial charge in [-0.2, -0.15) is 0 Å². The Kier molecular flexibility index (Phi) is 4.16. The van der Waals surface area contributed by atoms with E-state index in [-0.39, 0.29) is 29.6 Å². The van der Waals surface area contributed by atoms with Crippen LogP contribution in [0.4, 0.5) is 0 Å². The summed E-state index contributed by atoms with van der Waals surface area (Å²) in [5.74, 6) is 0.765. The van der Waals surface area contributed by atoms with Gasteiger partial charge < -0.3 is 9.73 Å². The normalized spacial score (nSPS) is 16.8. The van der Waals surface area contributed by atoms with Crippen LogP contribution >= 0.6 is 0 Å². The van der Waals surface area contributed by atoms with Gasteiger partial charge in [0.1, 0.15) is 11.6 Å².